The second kappa shape index (κ2) is 17.0. The van der Waals surface area contributed by atoms with E-state index in [4.69, 9.17) is 0 Å². The van der Waals surface area contributed by atoms with Crippen LogP contribution in [0.4, 0.5) is 87.8 Å². The first-order valence-electron chi connectivity index (χ1n) is 18.3. The van der Waals surface area contributed by atoms with E-state index < -0.39 is 206 Å². The van der Waals surface area contributed by atoms with Crippen LogP contribution in [0.2, 0.25) is 0 Å². The molecule has 0 saturated heterocycles. The maximum absolute atomic E-state index is 15.8. The van der Waals surface area contributed by atoms with Gasteiger partial charge in [0.2, 0.25) is 23.3 Å². The average molecular weight is 1040 g/mol. The van der Waals surface area contributed by atoms with Crippen LogP contribution in [-0.2, 0) is 19.5 Å². The van der Waals surface area contributed by atoms with Crippen LogP contribution in [0.3, 0.4) is 0 Å². The van der Waals surface area contributed by atoms with Gasteiger partial charge in [-0.15, -0.1) is 0 Å². The summed E-state index contributed by atoms with van der Waals surface area (Å²) in [6.07, 6.45) is 2.40. The second-order valence-corrected chi connectivity index (χ2v) is 14.3. The molecule has 25 heteroatoms. The quantitative estimate of drug-likeness (QED) is 0.0799. The first-order valence-corrected chi connectivity index (χ1v) is 18.3. The molecule has 0 fully saturated rings. The van der Waals surface area contributed by atoms with Gasteiger partial charge in [0.25, 0.3) is 0 Å². The van der Waals surface area contributed by atoms with Gasteiger partial charge in [0.15, 0.2) is 93.1 Å². The van der Waals surface area contributed by atoms with Crippen molar-refractivity contribution in [1.29, 1.82) is 0 Å². The molecule has 9 rings (SSSR count). The summed E-state index contributed by atoms with van der Waals surface area (Å²) in [4.78, 5) is 12.3. The summed E-state index contributed by atoms with van der Waals surface area (Å²) in [5.41, 5.74) is -20.5. The van der Waals surface area contributed by atoms with Crippen molar-refractivity contribution in [3.05, 3.63) is 163 Å². The number of hydrogen-bond acceptors (Lipinski definition) is 2. The van der Waals surface area contributed by atoms with Crippen LogP contribution in [0.15, 0.2) is 24.3 Å². The fourth-order valence-corrected chi connectivity index (χ4v) is 7.56. The Morgan fingerprint density at radius 1 is 0.217 bits per heavy atom. The van der Waals surface area contributed by atoms with Crippen molar-refractivity contribution in [3.63, 3.8) is 0 Å². The van der Waals surface area contributed by atoms with E-state index in [2.05, 4.69) is 19.9 Å². The first kappa shape index (κ1) is 48.2. The molecule has 0 spiro atoms. The van der Waals surface area contributed by atoms with Crippen molar-refractivity contribution >= 4 is 46.4 Å². The monoisotopic (exact) mass is 1040 g/mol. The fraction of sp³-hybridized carbons (Fsp3) is 0. The molecule has 0 amide bonds. The predicted octanol–water partition coefficient (Wildman–Crippen LogP) is 14.1. The summed E-state index contributed by atoms with van der Waals surface area (Å²) in [7, 11) is 0. The van der Waals surface area contributed by atoms with Crippen molar-refractivity contribution in [2.24, 2.45) is 0 Å². The number of halogens is 20. The second-order valence-electron chi connectivity index (χ2n) is 14.3. The van der Waals surface area contributed by atoms with Gasteiger partial charge in [-0.2, -0.15) is 0 Å². The maximum Gasteiger partial charge on any atom is 0.200 e. The Balaban J connectivity index is 0.00000642. The van der Waals surface area contributed by atoms with E-state index in [1.165, 1.54) is 0 Å². The number of nitrogens with zero attached hydrogens (tertiary/aromatic N) is 2. The molecule has 4 nitrogen and oxygen atoms in total. The number of rotatable bonds is 4. The molecule has 69 heavy (non-hydrogen) atoms. The van der Waals surface area contributed by atoms with Gasteiger partial charge in [-0.3, -0.25) is 0 Å². The molecule has 0 radical (unpaired) electrons. The fourth-order valence-electron chi connectivity index (χ4n) is 7.56. The average Bonchev–Trinajstić information content (AvgIpc) is 4.18. The summed E-state index contributed by atoms with van der Waals surface area (Å²) < 4.78 is 303. The standard InChI is InChI=1S/C44H10F20N4.Zn/c45-25-21(26(46)34(54)41(61)33(25)53)17-9-1-2-10(65-9)18(22-27(47)35(55)42(62)36(56)28(22)48)12-5-6-14(67-12)20(24-31(51)39(59)44(64)40(60)32(24)52)16-8-7-15(68-16)19(13-4-3-11(17)66-13)23-29(49)37(57)43(63)38(58)30(23)50;/h1-8,65,68H;. The number of aromatic nitrogens is 4. The summed E-state index contributed by atoms with van der Waals surface area (Å²) in [5, 5.41) is 0. The van der Waals surface area contributed by atoms with Crippen LogP contribution in [0.5, 0.6) is 0 Å². The normalized spacial score (nSPS) is 12.1. The third kappa shape index (κ3) is 7.01. The molecule has 0 aliphatic carbocycles. The zero-order chi connectivity index (χ0) is 49.3. The molecular weight excluding hydrogens is 1030 g/mol. The predicted molar refractivity (Wildman–Crippen MR) is 200 cm³/mol. The molecule has 0 atom stereocenters. The van der Waals surface area contributed by atoms with Gasteiger partial charge in [-0.25, -0.2) is 97.8 Å². The molecule has 0 saturated carbocycles. The van der Waals surface area contributed by atoms with Gasteiger partial charge in [-0.05, 0) is 48.6 Å². The van der Waals surface area contributed by atoms with Crippen molar-refractivity contribution in [1.82, 2.24) is 19.9 Å². The van der Waals surface area contributed by atoms with E-state index in [0.29, 0.717) is 48.6 Å². The number of nitrogens with one attached hydrogen (secondary N) is 2. The summed E-state index contributed by atoms with van der Waals surface area (Å²) in [6.45, 7) is 0. The number of H-pyrrole nitrogens is 2. The van der Waals surface area contributed by atoms with Crippen molar-refractivity contribution in [2.75, 3.05) is 0 Å². The SMILES string of the molecule is Fc1c(F)c(F)c(-c2c3nc(c(-c4c(F)c(F)c(F)c(F)c4F)c4ccc([nH]4)c(-c4c(F)c(F)c(F)c(F)c4F)c4nc(c(-c5c(F)c(F)c(F)c(F)c5F)c5ccc2[nH]5)C=C4)C=C3)c(F)c1F.[Zn]. The smallest absolute Gasteiger partial charge is 0.200 e. The van der Waals surface area contributed by atoms with Gasteiger partial charge >= 0.3 is 0 Å². The van der Waals surface area contributed by atoms with Crippen LogP contribution in [-0.4, -0.2) is 19.9 Å². The Morgan fingerprint density at radius 2 is 0.362 bits per heavy atom. The molecule has 7 aromatic rings. The zero-order valence-corrected chi connectivity index (χ0v) is 35.7. The van der Waals surface area contributed by atoms with E-state index in [1.807, 2.05) is 0 Å². The van der Waals surface area contributed by atoms with Gasteiger partial charge in [0.05, 0.1) is 45.0 Å². The van der Waals surface area contributed by atoms with E-state index >= 15 is 35.1 Å². The van der Waals surface area contributed by atoms with Crippen LogP contribution >= 0.6 is 0 Å². The van der Waals surface area contributed by atoms with E-state index in [0.717, 1.165) is 0 Å². The molecule has 2 aliphatic heterocycles. The molecular formula is C44H10F20N4Zn. The Kier molecular flexibility index (Phi) is 11.9. The van der Waals surface area contributed by atoms with Crippen LogP contribution < -0.4 is 0 Å². The summed E-state index contributed by atoms with van der Waals surface area (Å²) in [5.74, 6) is -52.6. The third-order valence-corrected chi connectivity index (χ3v) is 10.6. The number of hydrogen-bond donors (Lipinski definition) is 2. The van der Waals surface area contributed by atoms with Crippen molar-refractivity contribution < 1.29 is 107 Å². The molecule has 4 aromatic carbocycles. The molecule has 5 heterocycles. The van der Waals surface area contributed by atoms with E-state index in [1.54, 1.807) is 0 Å². The van der Waals surface area contributed by atoms with Crippen LogP contribution in [0, 0.1) is 116 Å². The molecule has 2 aliphatic rings. The van der Waals surface area contributed by atoms with Crippen molar-refractivity contribution in [3.8, 4) is 44.5 Å². The van der Waals surface area contributed by atoms with Gasteiger partial charge < -0.3 is 9.97 Å². The van der Waals surface area contributed by atoms with Gasteiger partial charge in [0, 0.05) is 63.8 Å². The zero-order valence-electron chi connectivity index (χ0n) is 32.8. The molecule has 0 unspecified atom stereocenters. The first-order chi connectivity index (χ1) is 32.1. The molecule has 3 aromatic heterocycles. The Bertz CT molecular complexity index is 3120. The molecule has 348 valence electrons. The van der Waals surface area contributed by atoms with Gasteiger partial charge in [0.1, 0.15) is 0 Å². The third-order valence-electron chi connectivity index (χ3n) is 10.6. The van der Waals surface area contributed by atoms with Crippen LogP contribution in [0.1, 0.15) is 22.8 Å². The number of aromatic amines is 2. The van der Waals surface area contributed by atoms with Gasteiger partial charge in [-0.1, -0.05) is 0 Å². The van der Waals surface area contributed by atoms with Crippen LogP contribution in [0.25, 0.3) is 90.9 Å². The number of benzene rings is 4. The largest absolute Gasteiger partial charge is 0.354 e. The minimum atomic E-state index is -2.72. The number of fused-ring (bicyclic) bond motifs is 8. The Hall–Kier alpha value is -7.30. The Labute approximate surface area is 380 Å². The minimum Gasteiger partial charge on any atom is -0.354 e. The topological polar surface area (TPSA) is 57.4 Å². The van der Waals surface area contributed by atoms with E-state index in [9.17, 15) is 52.7 Å². The van der Waals surface area contributed by atoms with Crippen molar-refractivity contribution in [2.45, 2.75) is 0 Å². The van der Waals surface area contributed by atoms with E-state index in [-0.39, 0.29) is 19.5 Å². The summed E-state index contributed by atoms with van der Waals surface area (Å²) in [6, 6.07) is 2.51. The summed E-state index contributed by atoms with van der Waals surface area (Å²) >= 11 is 0. The molecule has 8 bridgehead atoms. The minimum absolute atomic E-state index is 0. The molecule has 2 N–H and O–H groups in total. The Morgan fingerprint density at radius 3 is 0.522 bits per heavy atom. The maximum atomic E-state index is 15.8.